The van der Waals surface area contributed by atoms with Crippen LogP contribution in [-0.4, -0.2) is 31.5 Å². The summed E-state index contributed by atoms with van der Waals surface area (Å²) in [5, 5.41) is 0. The maximum atomic E-state index is 6.11. The number of hydrogen-bond donors (Lipinski definition) is 0. The average Bonchev–Trinajstić information content (AvgIpc) is 2.40. The van der Waals surface area contributed by atoms with Gasteiger partial charge in [0.25, 0.3) is 0 Å². The quantitative estimate of drug-likeness (QED) is 0.831. The molecule has 0 bridgehead atoms. The average molecular weight is 327 g/mol. The molecule has 2 aliphatic heterocycles. The van der Waals surface area contributed by atoms with Gasteiger partial charge in [-0.2, -0.15) is 0 Å². The molecule has 0 amide bonds. The van der Waals surface area contributed by atoms with Crippen LogP contribution < -0.4 is 4.74 Å². The largest absolute Gasteiger partial charge is 0.490 e. The van der Waals surface area contributed by atoms with Crippen molar-refractivity contribution in [3.63, 3.8) is 0 Å². The van der Waals surface area contributed by atoms with Gasteiger partial charge in [-0.1, -0.05) is 22.0 Å². The Kier molecular flexibility index (Phi) is 4.10. The summed E-state index contributed by atoms with van der Waals surface area (Å²) in [7, 11) is 0. The van der Waals surface area contributed by atoms with Crippen LogP contribution in [0.15, 0.2) is 28.7 Å². The molecule has 3 rings (SSSR count). The van der Waals surface area contributed by atoms with E-state index >= 15 is 0 Å². The molecule has 0 aliphatic carbocycles. The number of hydrogen-bond acceptors (Lipinski definition) is 3. The molecule has 0 saturated carbocycles. The van der Waals surface area contributed by atoms with Crippen molar-refractivity contribution < 1.29 is 14.2 Å². The molecule has 1 unspecified atom stereocenters. The Morgan fingerprint density at radius 1 is 1.21 bits per heavy atom. The van der Waals surface area contributed by atoms with Crippen molar-refractivity contribution in [1.29, 1.82) is 0 Å². The molecule has 2 fully saturated rings. The van der Waals surface area contributed by atoms with E-state index in [9.17, 15) is 0 Å². The van der Waals surface area contributed by atoms with Crippen LogP contribution in [-0.2, 0) is 9.47 Å². The van der Waals surface area contributed by atoms with Crippen molar-refractivity contribution >= 4 is 15.9 Å². The van der Waals surface area contributed by atoms with E-state index < -0.39 is 0 Å². The maximum Gasteiger partial charge on any atom is 0.120 e. The van der Waals surface area contributed by atoms with Crippen molar-refractivity contribution in [2.75, 3.05) is 19.8 Å². The Morgan fingerprint density at radius 3 is 2.84 bits per heavy atom. The van der Waals surface area contributed by atoms with E-state index in [1.54, 1.807) is 0 Å². The lowest BCUT2D eigenvalue weighted by molar-refractivity contribution is -0.155. The van der Waals surface area contributed by atoms with Gasteiger partial charge in [0, 0.05) is 30.5 Å². The lowest BCUT2D eigenvalue weighted by Crippen LogP contribution is -2.47. The number of halogens is 1. The number of rotatable bonds is 2. The fraction of sp³-hybridized carbons (Fsp3) is 0.600. The molecule has 0 aromatic heterocycles. The van der Waals surface area contributed by atoms with Crippen molar-refractivity contribution in [3.8, 4) is 5.75 Å². The van der Waals surface area contributed by atoms with Gasteiger partial charge in [0.2, 0.25) is 0 Å². The minimum Gasteiger partial charge on any atom is -0.490 e. The zero-order valence-corrected chi connectivity index (χ0v) is 12.5. The van der Waals surface area contributed by atoms with E-state index in [0.29, 0.717) is 0 Å². The normalized spacial score (nSPS) is 26.3. The van der Waals surface area contributed by atoms with Crippen molar-refractivity contribution in [3.05, 3.63) is 28.7 Å². The first-order valence-electron chi connectivity index (χ1n) is 6.90. The van der Waals surface area contributed by atoms with Gasteiger partial charge in [-0.15, -0.1) is 0 Å². The number of benzene rings is 1. The van der Waals surface area contributed by atoms with Gasteiger partial charge in [-0.25, -0.2) is 0 Å². The Hall–Kier alpha value is -0.580. The van der Waals surface area contributed by atoms with Crippen LogP contribution in [0.3, 0.4) is 0 Å². The molecular weight excluding hydrogens is 308 g/mol. The third-order valence-electron chi connectivity index (χ3n) is 3.95. The zero-order chi connectivity index (χ0) is 13.1. The van der Waals surface area contributed by atoms with E-state index in [2.05, 4.69) is 15.9 Å². The van der Waals surface area contributed by atoms with Crippen LogP contribution in [0.5, 0.6) is 5.75 Å². The van der Waals surface area contributed by atoms with Crippen molar-refractivity contribution in [2.24, 2.45) is 0 Å². The van der Waals surface area contributed by atoms with Gasteiger partial charge >= 0.3 is 0 Å². The Labute approximate surface area is 122 Å². The molecule has 0 N–H and O–H groups in total. The molecule has 19 heavy (non-hydrogen) atoms. The molecule has 1 aromatic rings. The van der Waals surface area contributed by atoms with Crippen molar-refractivity contribution in [1.82, 2.24) is 0 Å². The summed E-state index contributed by atoms with van der Waals surface area (Å²) in [5.74, 6) is 0.934. The molecule has 104 valence electrons. The van der Waals surface area contributed by atoms with Gasteiger partial charge in [0.1, 0.15) is 11.9 Å². The van der Waals surface area contributed by atoms with E-state index in [1.807, 2.05) is 24.3 Å². The molecule has 2 saturated heterocycles. The van der Waals surface area contributed by atoms with Crippen LogP contribution in [0.1, 0.15) is 25.7 Å². The van der Waals surface area contributed by atoms with Crippen molar-refractivity contribution in [2.45, 2.75) is 37.4 Å². The fourth-order valence-corrected chi connectivity index (χ4v) is 3.29. The highest BCUT2D eigenvalue weighted by Crippen LogP contribution is 2.36. The first-order chi connectivity index (χ1) is 9.26. The van der Waals surface area contributed by atoms with Gasteiger partial charge in [0.15, 0.2) is 0 Å². The first-order valence-corrected chi connectivity index (χ1v) is 7.69. The molecule has 2 heterocycles. The monoisotopic (exact) mass is 326 g/mol. The fourth-order valence-electron chi connectivity index (χ4n) is 2.91. The van der Waals surface area contributed by atoms with Gasteiger partial charge in [-0.05, 0) is 31.0 Å². The minimum atomic E-state index is -0.00677. The summed E-state index contributed by atoms with van der Waals surface area (Å²) < 4.78 is 18.6. The molecule has 4 heteroatoms. The lowest BCUT2D eigenvalue weighted by Gasteiger charge is -2.43. The first kappa shape index (κ1) is 13.4. The highest BCUT2D eigenvalue weighted by atomic mass is 79.9. The molecule has 0 radical (unpaired) electrons. The molecule has 2 aliphatic rings. The zero-order valence-electron chi connectivity index (χ0n) is 10.9. The van der Waals surface area contributed by atoms with Gasteiger partial charge < -0.3 is 14.2 Å². The second-order valence-electron chi connectivity index (χ2n) is 5.33. The summed E-state index contributed by atoms with van der Waals surface area (Å²) in [5.41, 5.74) is -0.00677. The number of ether oxygens (including phenoxy) is 3. The van der Waals surface area contributed by atoms with Crippen LogP contribution in [0, 0.1) is 0 Å². The van der Waals surface area contributed by atoms with Gasteiger partial charge in [-0.3, -0.25) is 0 Å². The topological polar surface area (TPSA) is 27.7 Å². The third-order valence-corrected chi connectivity index (χ3v) is 4.44. The van der Waals surface area contributed by atoms with E-state index in [4.69, 9.17) is 14.2 Å². The minimum absolute atomic E-state index is 0.00677. The molecule has 1 spiro atoms. The van der Waals surface area contributed by atoms with Crippen LogP contribution in [0.4, 0.5) is 0 Å². The third kappa shape index (κ3) is 3.30. The molecule has 1 aromatic carbocycles. The summed E-state index contributed by atoms with van der Waals surface area (Å²) in [6.45, 7) is 2.41. The van der Waals surface area contributed by atoms with E-state index in [0.717, 1.165) is 55.7 Å². The van der Waals surface area contributed by atoms with Crippen LogP contribution in [0.2, 0.25) is 0 Å². The summed E-state index contributed by atoms with van der Waals surface area (Å²) >= 11 is 3.48. The highest BCUT2D eigenvalue weighted by molar-refractivity contribution is 9.10. The Balaban J connectivity index is 1.65. The SMILES string of the molecule is Brc1cccc(OC2CCOC3(CCOCC3)C2)c1. The predicted molar refractivity (Wildman–Crippen MR) is 76.5 cm³/mol. The summed E-state index contributed by atoms with van der Waals surface area (Å²) in [6, 6.07) is 8.04. The van der Waals surface area contributed by atoms with Gasteiger partial charge in [0.05, 0.1) is 12.2 Å². The van der Waals surface area contributed by atoms with Crippen LogP contribution >= 0.6 is 15.9 Å². The Morgan fingerprint density at radius 2 is 2.05 bits per heavy atom. The predicted octanol–water partition coefficient (Wildman–Crippen LogP) is 3.56. The van der Waals surface area contributed by atoms with Crippen LogP contribution in [0.25, 0.3) is 0 Å². The van der Waals surface area contributed by atoms with E-state index in [-0.39, 0.29) is 11.7 Å². The highest BCUT2D eigenvalue weighted by Gasteiger charge is 2.39. The lowest BCUT2D eigenvalue weighted by atomic mass is 9.85. The molecule has 3 nitrogen and oxygen atoms in total. The summed E-state index contributed by atoms with van der Waals surface area (Å²) in [6.07, 6.45) is 4.18. The molecule has 1 atom stereocenters. The molecular formula is C15H19BrO3. The second-order valence-corrected chi connectivity index (χ2v) is 6.25. The smallest absolute Gasteiger partial charge is 0.120 e. The summed E-state index contributed by atoms with van der Waals surface area (Å²) in [4.78, 5) is 0. The Bertz CT molecular complexity index is 424. The van der Waals surface area contributed by atoms with E-state index in [1.165, 1.54) is 0 Å². The standard InChI is InChI=1S/C15H19BrO3/c16-12-2-1-3-13(10-12)19-14-4-7-18-15(11-14)5-8-17-9-6-15/h1-3,10,14H,4-9,11H2. The maximum absolute atomic E-state index is 6.11. The second kappa shape index (κ2) is 5.81.